The molecule has 0 spiro atoms. The number of hydrogen-bond acceptors (Lipinski definition) is 5. The molecule has 0 amide bonds. The molecule has 0 radical (unpaired) electrons. The summed E-state index contributed by atoms with van der Waals surface area (Å²) in [6.07, 6.45) is 4.46. The van der Waals surface area contributed by atoms with Gasteiger partial charge in [0, 0.05) is 17.4 Å². The van der Waals surface area contributed by atoms with Gasteiger partial charge in [-0.3, -0.25) is 4.57 Å². The topological polar surface area (TPSA) is 69.6 Å². The Morgan fingerprint density at radius 3 is 2.62 bits per heavy atom. The molecule has 0 saturated heterocycles. The van der Waals surface area contributed by atoms with E-state index in [1.807, 2.05) is 18.2 Å². The number of aryl methyl sites for hydroxylation is 1. The molecule has 2 aromatic heterocycles. The number of anilines is 1. The van der Waals surface area contributed by atoms with Gasteiger partial charge in [0.15, 0.2) is 5.16 Å². The molecule has 7 heteroatoms. The lowest BCUT2D eigenvalue weighted by Crippen LogP contribution is -2.07. The molecule has 1 aliphatic rings. The van der Waals surface area contributed by atoms with Crippen LogP contribution in [0.15, 0.2) is 46.6 Å². The molecule has 0 aliphatic heterocycles. The van der Waals surface area contributed by atoms with Crippen LogP contribution in [0, 0.1) is 0 Å². The lowest BCUT2D eigenvalue weighted by molar-refractivity contribution is 0.654. The molecule has 3 aromatic rings. The first kappa shape index (κ1) is 15.5. The third-order valence-electron chi connectivity index (χ3n) is 4.00. The van der Waals surface area contributed by atoms with Gasteiger partial charge in [0.2, 0.25) is 5.95 Å². The van der Waals surface area contributed by atoms with Gasteiger partial charge >= 0.3 is 0 Å². The molecule has 2 N–H and O–H groups in total. The lowest BCUT2D eigenvalue weighted by Gasteiger charge is -2.15. The number of nitrogens with zero attached hydrogens (tertiary/aromatic N) is 4. The number of nitrogens with two attached hydrogens (primary N) is 1. The molecule has 0 unspecified atom stereocenters. The smallest absolute Gasteiger partial charge is 0.222 e. The molecule has 0 saturated carbocycles. The van der Waals surface area contributed by atoms with Gasteiger partial charge in [-0.2, -0.15) is 0 Å². The van der Waals surface area contributed by atoms with E-state index < -0.39 is 0 Å². The largest absolute Gasteiger partial charge is 0.368 e. The minimum atomic E-state index is 0.174. The van der Waals surface area contributed by atoms with Crippen molar-refractivity contribution in [2.45, 2.75) is 35.9 Å². The maximum absolute atomic E-state index is 6.00. The second-order valence-electron chi connectivity index (χ2n) is 5.65. The molecule has 122 valence electrons. The first-order valence-corrected chi connectivity index (χ1v) is 9.04. The number of imidazole rings is 1. The Bertz CT molecular complexity index is 858. The van der Waals surface area contributed by atoms with E-state index in [9.17, 15) is 0 Å². The van der Waals surface area contributed by atoms with E-state index in [1.165, 1.54) is 36.0 Å². The SMILES string of the molecule is Nc1nc(Cl)cc(Sc2nc3c(n2-c2ccccc2)CCCC3)n1. The first-order valence-electron chi connectivity index (χ1n) is 7.84. The minimum Gasteiger partial charge on any atom is -0.368 e. The van der Waals surface area contributed by atoms with Gasteiger partial charge in [0.25, 0.3) is 0 Å². The van der Waals surface area contributed by atoms with E-state index in [-0.39, 0.29) is 5.95 Å². The summed E-state index contributed by atoms with van der Waals surface area (Å²) in [6, 6.07) is 12.0. The molecule has 4 rings (SSSR count). The van der Waals surface area contributed by atoms with Crippen LogP contribution in [-0.2, 0) is 12.8 Å². The normalized spacial score (nSPS) is 13.7. The molecular formula is C17H16ClN5S. The minimum absolute atomic E-state index is 0.174. The number of aromatic nitrogens is 4. The third kappa shape index (κ3) is 2.99. The van der Waals surface area contributed by atoms with Crippen LogP contribution in [0.2, 0.25) is 5.15 Å². The van der Waals surface area contributed by atoms with Crippen molar-refractivity contribution in [3.8, 4) is 5.69 Å². The fourth-order valence-corrected chi connectivity index (χ4v) is 4.20. The van der Waals surface area contributed by atoms with Crippen LogP contribution >= 0.6 is 23.4 Å². The zero-order valence-corrected chi connectivity index (χ0v) is 14.5. The molecule has 5 nitrogen and oxygen atoms in total. The molecule has 0 bridgehead atoms. The lowest BCUT2D eigenvalue weighted by atomic mass is 10.0. The van der Waals surface area contributed by atoms with Crippen LogP contribution in [0.25, 0.3) is 5.69 Å². The number of halogens is 1. The van der Waals surface area contributed by atoms with E-state index in [0.29, 0.717) is 10.2 Å². The van der Waals surface area contributed by atoms with Crippen molar-refractivity contribution in [2.75, 3.05) is 5.73 Å². The average Bonchev–Trinajstić information content (AvgIpc) is 2.92. The highest BCUT2D eigenvalue weighted by Crippen LogP contribution is 2.34. The molecule has 0 atom stereocenters. The number of rotatable bonds is 3. The molecular weight excluding hydrogens is 342 g/mol. The summed E-state index contributed by atoms with van der Waals surface area (Å²) in [5.74, 6) is 0.174. The third-order valence-corrected chi connectivity index (χ3v) is 5.07. The van der Waals surface area contributed by atoms with Gasteiger partial charge in [-0.05, 0) is 49.6 Å². The zero-order chi connectivity index (χ0) is 16.5. The Morgan fingerprint density at radius 2 is 1.83 bits per heavy atom. The summed E-state index contributed by atoms with van der Waals surface area (Å²) in [5, 5.41) is 1.93. The standard InChI is InChI=1S/C17H16ClN5S/c18-14-10-15(22-16(19)21-14)24-17-20-12-8-4-5-9-13(12)23(17)11-6-2-1-3-7-11/h1-3,6-7,10H,4-5,8-9H2,(H2,19,21,22). The van der Waals surface area contributed by atoms with E-state index in [4.69, 9.17) is 22.3 Å². The Kier molecular flexibility index (Phi) is 4.16. The van der Waals surface area contributed by atoms with Crippen LogP contribution in [0.1, 0.15) is 24.2 Å². The maximum atomic E-state index is 6.00. The van der Waals surface area contributed by atoms with Crippen molar-refractivity contribution in [3.63, 3.8) is 0 Å². The first-order chi connectivity index (χ1) is 11.7. The number of para-hydroxylation sites is 1. The number of hydrogen-bond donors (Lipinski definition) is 1. The maximum Gasteiger partial charge on any atom is 0.222 e. The highest BCUT2D eigenvalue weighted by atomic mass is 35.5. The summed E-state index contributed by atoms with van der Waals surface area (Å²) in [6.45, 7) is 0. The second-order valence-corrected chi connectivity index (χ2v) is 7.03. The van der Waals surface area contributed by atoms with Crippen LogP contribution < -0.4 is 5.73 Å². The van der Waals surface area contributed by atoms with Crippen molar-refractivity contribution < 1.29 is 0 Å². The summed E-state index contributed by atoms with van der Waals surface area (Å²) in [7, 11) is 0. The number of benzene rings is 1. The summed E-state index contributed by atoms with van der Waals surface area (Å²) >= 11 is 7.47. The van der Waals surface area contributed by atoms with Gasteiger partial charge in [-0.15, -0.1) is 0 Å². The molecule has 2 heterocycles. The molecule has 24 heavy (non-hydrogen) atoms. The van der Waals surface area contributed by atoms with Crippen molar-refractivity contribution in [1.82, 2.24) is 19.5 Å². The Hall–Kier alpha value is -2.05. The van der Waals surface area contributed by atoms with Crippen LogP contribution in [0.4, 0.5) is 5.95 Å². The predicted octanol–water partition coefficient (Wildman–Crippen LogP) is 3.93. The quantitative estimate of drug-likeness (QED) is 0.719. The van der Waals surface area contributed by atoms with E-state index in [2.05, 4.69) is 26.7 Å². The monoisotopic (exact) mass is 357 g/mol. The van der Waals surface area contributed by atoms with Crippen LogP contribution in [0.3, 0.4) is 0 Å². The van der Waals surface area contributed by atoms with E-state index >= 15 is 0 Å². The van der Waals surface area contributed by atoms with Gasteiger partial charge in [-0.25, -0.2) is 15.0 Å². The highest BCUT2D eigenvalue weighted by molar-refractivity contribution is 7.99. The van der Waals surface area contributed by atoms with Crippen molar-refractivity contribution in [1.29, 1.82) is 0 Å². The van der Waals surface area contributed by atoms with Gasteiger partial charge in [-0.1, -0.05) is 29.8 Å². The molecule has 1 aromatic carbocycles. The fourth-order valence-electron chi connectivity index (χ4n) is 2.99. The molecule has 1 aliphatic carbocycles. The fraction of sp³-hybridized carbons (Fsp3) is 0.235. The average molecular weight is 358 g/mol. The Labute approximate surface area is 149 Å². The van der Waals surface area contributed by atoms with E-state index in [1.54, 1.807) is 6.07 Å². The van der Waals surface area contributed by atoms with E-state index in [0.717, 1.165) is 23.7 Å². The van der Waals surface area contributed by atoms with Gasteiger partial charge < -0.3 is 5.73 Å². The van der Waals surface area contributed by atoms with Crippen LogP contribution in [0.5, 0.6) is 0 Å². The van der Waals surface area contributed by atoms with Crippen molar-refractivity contribution in [3.05, 3.63) is 52.9 Å². The zero-order valence-electron chi connectivity index (χ0n) is 12.9. The predicted molar refractivity (Wildman–Crippen MR) is 95.8 cm³/mol. The summed E-state index contributed by atoms with van der Waals surface area (Å²) in [5.41, 5.74) is 9.30. The van der Waals surface area contributed by atoms with Crippen molar-refractivity contribution >= 4 is 29.3 Å². The highest BCUT2D eigenvalue weighted by Gasteiger charge is 2.22. The van der Waals surface area contributed by atoms with Crippen molar-refractivity contribution in [2.24, 2.45) is 0 Å². The Balaban J connectivity index is 1.81. The summed E-state index contributed by atoms with van der Waals surface area (Å²) < 4.78 is 2.23. The molecule has 0 fully saturated rings. The Morgan fingerprint density at radius 1 is 1.04 bits per heavy atom. The number of fused-ring (bicyclic) bond motifs is 1. The summed E-state index contributed by atoms with van der Waals surface area (Å²) in [4.78, 5) is 13.0. The van der Waals surface area contributed by atoms with Gasteiger partial charge in [0.05, 0.1) is 5.69 Å². The number of nitrogen functional groups attached to an aromatic ring is 1. The second kappa shape index (κ2) is 6.45. The van der Waals surface area contributed by atoms with Crippen LogP contribution in [-0.4, -0.2) is 19.5 Å². The van der Waals surface area contributed by atoms with Gasteiger partial charge in [0.1, 0.15) is 10.2 Å².